The summed E-state index contributed by atoms with van der Waals surface area (Å²) in [6, 6.07) is 0.0244. The molecule has 1 amide bonds. The Morgan fingerprint density at radius 1 is 1.33 bits per heavy atom. The first-order chi connectivity index (χ1) is 9.67. The Morgan fingerprint density at radius 2 is 1.90 bits per heavy atom. The van der Waals surface area contributed by atoms with Crippen molar-refractivity contribution >= 4 is 6.09 Å². The summed E-state index contributed by atoms with van der Waals surface area (Å²) in [5, 5.41) is 8.83. The fourth-order valence-corrected chi connectivity index (χ4v) is 2.27. The Morgan fingerprint density at radius 3 is 2.38 bits per heavy atom. The molecule has 1 N–H and O–H groups in total. The Balaban J connectivity index is 0.00000191. The maximum Gasteiger partial charge on any atom is 0.412 e. The molecule has 0 bridgehead atoms. The Kier molecular flexibility index (Phi) is 8.26. The second-order valence-electron chi connectivity index (χ2n) is 6.48. The van der Waals surface area contributed by atoms with E-state index in [0.717, 1.165) is 19.3 Å². The molecule has 1 heterocycles. The summed E-state index contributed by atoms with van der Waals surface area (Å²) in [7, 11) is 0. The first kappa shape index (κ1) is 20.2. The van der Waals surface area contributed by atoms with E-state index in [9.17, 15) is 4.79 Å². The van der Waals surface area contributed by atoms with Crippen molar-refractivity contribution in [2.45, 2.75) is 85.1 Å². The van der Waals surface area contributed by atoms with Gasteiger partial charge in [0.15, 0.2) is 0 Å². The Bertz CT molecular complexity index is 310. The van der Waals surface area contributed by atoms with Gasteiger partial charge in [-0.3, -0.25) is 4.90 Å². The number of hydrogen-bond acceptors (Lipinski definition) is 4. The number of unbranched alkanes of at least 4 members (excludes halogenated alkanes) is 1. The molecule has 1 saturated heterocycles. The molecule has 1 rings (SSSR count). The van der Waals surface area contributed by atoms with E-state index in [1.807, 2.05) is 48.5 Å². The van der Waals surface area contributed by atoms with Gasteiger partial charge in [0.1, 0.15) is 11.3 Å². The minimum absolute atomic E-state index is 0.0244. The lowest BCUT2D eigenvalue weighted by Crippen LogP contribution is -2.49. The highest BCUT2D eigenvalue weighted by Gasteiger charge is 2.45. The van der Waals surface area contributed by atoms with Crippen molar-refractivity contribution < 1.29 is 19.4 Å². The van der Waals surface area contributed by atoms with Gasteiger partial charge >= 0.3 is 6.09 Å². The smallest absolute Gasteiger partial charge is 0.412 e. The van der Waals surface area contributed by atoms with Crippen LogP contribution < -0.4 is 0 Å². The van der Waals surface area contributed by atoms with E-state index >= 15 is 0 Å². The molecule has 1 atom stereocenters. The van der Waals surface area contributed by atoms with Crippen LogP contribution in [0.25, 0.3) is 0 Å². The van der Waals surface area contributed by atoms with E-state index in [1.54, 1.807) is 4.90 Å². The molecule has 0 spiro atoms. The van der Waals surface area contributed by atoms with Crippen LogP contribution in [0.3, 0.4) is 0 Å². The number of rotatable bonds is 4. The van der Waals surface area contributed by atoms with Crippen molar-refractivity contribution in [3.63, 3.8) is 0 Å². The molecule has 0 aliphatic carbocycles. The van der Waals surface area contributed by atoms with Crippen molar-refractivity contribution in [1.29, 1.82) is 0 Å². The highest BCUT2D eigenvalue weighted by Crippen LogP contribution is 2.31. The van der Waals surface area contributed by atoms with Crippen LogP contribution in [0.5, 0.6) is 0 Å². The van der Waals surface area contributed by atoms with Crippen LogP contribution in [0, 0.1) is 0 Å². The quantitative estimate of drug-likeness (QED) is 0.807. The molecule has 1 aliphatic rings. The Labute approximate surface area is 129 Å². The summed E-state index contributed by atoms with van der Waals surface area (Å²) in [6.07, 6.45) is 2.12. The summed E-state index contributed by atoms with van der Waals surface area (Å²) in [5.74, 6) is 0. The molecule has 5 heteroatoms. The van der Waals surface area contributed by atoms with E-state index < -0.39 is 11.3 Å². The highest BCUT2D eigenvalue weighted by molar-refractivity contribution is 5.69. The van der Waals surface area contributed by atoms with Gasteiger partial charge in [0.2, 0.25) is 0 Å². The lowest BCUT2D eigenvalue weighted by Gasteiger charge is -2.35. The van der Waals surface area contributed by atoms with Crippen LogP contribution in [0.1, 0.15) is 67.7 Å². The first-order valence-electron chi connectivity index (χ1n) is 7.94. The van der Waals surface area contributed by atoms with E-state index in [1.165, 1.54) is 0 Å². The van der Waals surface area contributed by atoms with Gasteiger partial charge in [0.05, 0.1) is 12.6 Å². The van der Waals surface area contributed by atoms with Gasteiger partial charge < -0.3 is 14.6 Å². The minimum Gasteiger partial charge on any atom is -0.444 e. The monoisotopic (exact) mass is 303 g/mol. The fourth-order valence-electron chi connectivity index (χ4n) is 2.27. The normalized spacial score (nSPS) is 20.8. The van der Waals surface area contributed by atoms with Crippen molar-refractivity contribution in [3.8, 4) is 0 Å². The molecule has 0 saturated carbocycles. The summed E-state index contributed by atoms with van der Waals surface area (Å²) in [5.41, 5.74) is -1.14. The first-order valence-corrected chi connectivity index (χ1v) is 7.94. The van der Waals surface area contributed by atoms with Crippen LogP contribution >= 0.6 is 0 Å². The van der Waals surface area contributed by atoms with Crippen LogP contribution in [-0.2, 0) is 9.47 Å². The summed E-state index contributed by atoms with van der Waals surface area (Å²) >= 11 is 0. The molecule has 0 aromatic rings. The molecule has 1 aliphatic heterocycles. The van der Waals surface area contributed by atoms with Gasteiger partial charge in [-0.25, -0.2) is 4.79 Å². The molecule has 0 aromatic carbocycles. The zero-order valence-corrected chi connectivity index (χ0v) is 14.7. The number of amides is 1. The molecule has 5 nitrogen and oxygen atoms in total. The zero-order valence-electron chi connectivity index (χ0n) is 14.7. The van der Waals surface area contributed by atoms with Crippen LogP contribution in [0.15, 0.2) is 0 Å². The maximum absolute atomic E-state index is 12.3. The van der Waals surface area contributed by atoms with Gasteiger partial charge in [0.25, 0.3) is 0 Å². The predicted molar refractivity (Wildman–Crippen MR) is 84.2 cm³/mol. The predicted octanol–water partition coefficient (Wildman–Crippen LogP) is 3.55. The number of hydrogen-bond donors (Lipinski definition) is 1. The molecule has 1 fully saturated rings. The summed E-state index contributed by atoms with van der Waals surface area (Å²) in [6.45, 7) is 14.0. The standard InChI is InChI=1S/C14H27NO4.C2H6/c1-13(2,3)19-12(17)15-11(8-6-7-9-16)10-18-14(15,4)5;1-2/h11,16H,6-10H2,1-5H3;1-2H3. The topological polar surface area (TPSA) is 59.0 Å². The van der Waals surface area contributed by atoms with E-state index in [-0.39, 0.29) is 18.7 Å². The van der Waals surface area contributed by atoms with E-state index in [4.69, 9.17) is 14.6 Å². The van der Waals surface area contributed by atoms with Gasteiger partial charge in [-0.1, -0.05) is 13.8 Å². The lowest BCUT2D eigenvalue weighted by atomic mass is 10.1. The molecule has 21 heavy (non-hydrogen) atoms. The number of carbonyl (C=O) groups excluding carboxylic acids is 1. The number of nitrogens with zero attached hydrogens (tertiary/aromatic N) is 1. The van der Waals surface area contributed by atoms with Gasteiger partial charge in [0, 0.05) is 6.61 Å². The SMILES string of the molecule is CC.CC(C)(C)OC(=O)N1C(CCCCO)COC1(C)C. The van der Waals surface area contributed by atoms with Gasteiger partial charge in [-0.05, 0) is 53.9 Å². The molecule has 0 radical (unpaired) electrons. The second kappa shape index (κ2) is 8.59. The van der Waals surface area contributed by atoms with Crippen LogP contribution in [0.4, 0.5) is 4.79 Å². The third-order valence-corrected chi connectivity index (χ3v) is 3.11. The number of aliphatic hydroxyl groups excluding tert-OH is 1. The molecule has 0 aromatic heterocycles. The summed E-state index contributed by atoms with van der Waals surface area (Å²) in [4.78, 5) is 14.0. The zero-order chi connectivity index (χ0) is 16.7. The van der Waals surface area contributed by atoms with Crippen molar-refractivity contribution in [1.82, 2.24) is 4.90 Å². The average Bonchev–Trinajstić information content (AvgIpc) is 2.65. The van der Waals surface area contributed by atoms with E-state index in [2.05, 4.69) is 0 Å². The minimum atomic E-state index is -0.633. The molecule has 126 valence electrons. The molecular formula is C16H33NO4. The third-order valence-electron chi connectivity index (χ3n) is 3.11. The van der Waals surface area contributed by atoms with Crippen LogP contribution in [0.2, 0.25) is 0 Å². The highest BCUT2D eigenvalue weighted by atomic mass is 16.6. The van der Waals surface area contributed by atoms with E-state index in [0.29, 0.717) is 6.61 Å². The van der Waals surface area contributed by atoms with Gasteiger partial charge in [-0.2, -0.15) is 0 Å². The fraction of sp³-hybridized carbons (Fsp3) is 0.938. The second-order valence-corrected chi connectivity index (χ2v) is 6.48. The van der Waals surface area contributed by atoms with Crippen molar-refractivity contribution in [2.24, 2.45) is 0 Å². The number of ether oxygens (including phenoxy) is 2. The average molecular weight is 303 g/mol. The maximum atomic E-state index is 12.3. The molecule has 1 unspecified atom stereocenters. The third kappa shape index (κ3) is 6.66. The van der Waals surface area contributed by atoms with Crippen LogP contribution in [-0.4, -0.2) is 46.7 Å². The molecular weight excluding hydrogens is 270 g/mol. The Hall–Kier alpha value is -0.810. The number of aliphatic hydroxyl groups is 1. The van der Waals surface area contributed by atoms with Crippen molar-refractivity contribution in [3.05, 3.63) is 0 Å². The summed E-state index contributed by atoms with van der Waals surface area (Å²) < 4.78 is 11.1. The van der Waals surface area contributed by atoms with Crippen molar-refractivity contribution in [2.75, 3.05) is 13.2 Å². The van der Waals surface area contributed by atoms with Gasteiger partial charge in [-0.15, -0.1) is 0 Å². The largest absolute Gasteiger partial charge is 0.444 e. The lowest BCUT2D eigenvalue weighted by molar-refractivity contribution is -0.0627. The number of carbonyl (C=O) groups is 1.